The van der Waals surface area contributed by atoms with Gasteiger partial charge in [-0.1, -0.05) is 130 Å². The predicted octanol–water partition coefficient (Wildman–Crippen LogP) is 10.4. The number of carboxylic acids is 2. The van der Waals surface area contributed by atoms with Gasteiger partial charge in [-0.05, 0) is 50.4 Å². The number of rotatable bonds is 27. The van der Waals surface area contributed by atoms with Crippen LogP contribution in [-0.4, -0.2) is 22.2 Å². The minimum atomic E-state index is -0.719. The molecule has 2 N–H and O–H groups in total. The van der Waals surface area contributed by atoms with Crippen LogP contribution in [0.5, 0.6) is 0 Å². The van der Waals surface area contributed by atoms with Crippen molar-refractivity contribution in [3.63, 3.8) is 0 Å². The zero-order valence-corrected chi connectivity index (χ0v) is 24.6. The first-order chi connectivity index (χ1) is 17.4. The van der Waals surface area contributed by atoms with Gasteiger partial charge < -0.3 is 10.2 Å². The van der Waals surface area contributed by atoms with E-state index in [1.165, 1.54) is 51.4 Å². The monoisotopic (exact) mass is 510 g/mol. The van der Waals surface area contributed by atoms with E-state index in [-0.39, 0.29) is 18.3 Å². The Kier molecular flexibility index (Phi) is 22.4. The third kappa shape index (κ3) is 14.6. The van der Waals surface area contributed by atoms with E-state index >= 15 is 0 Å². The lowest BCUT2D eigenvalue weighted by Crippen LogP contribution is -2.45. The Labute approximate surface area is 224 Å². The van der Waals surface area contributed by atoms with Crippen LogP contribution in [0.2, 0.25) is 0 Å². The maximum Gasteiger partial charge on any atom is 0.310 e. The SMILES string of the molecule is CCCCCC(CCCCC)C(CCCCCCCC(=O)O)(C(=O)O)C(CCCCC)CCCCC. The number of hydrogen-bond acceptors (Lipinski definition) is 2. The molecule has 0 aliphatic heterocycles. The second-order valence-electron chi connectivity index (χ2n) is 11.4. The number of carbonyl (C=O) groups is 2. The Bertz CT molecular complexity index is 486. The van der Waals surface area contributed by atoms with E-state index in [4.69, 9.17) is 5.11 Å². The van der Waals surface area contributed by atoms with Gasteiger partial charge in [-0.25, -0.2) is 0 Å². The summed E-state index contributed by atoms with van der Waals surface area (Å²) in [5, 5.41) is 19.9. The van der Waals surface area contributed by atoms with Crippen LogP contribution in [0.15, 0.2) is 0 Å². The standard InChI is InChI=1S/C32H62O4/c1-5-9-16-22-28(23-17-10-6-2)32(31(35)36,27-21-15-13-14-20-26-30(33)34)29(24-18-11-7-3)25-19-12-8-4/h28-29H,5-27H2,1-4H3,(H,33,34)(H,35,36). The van der Waals surface area contributed by atoms with E-state index < -0.39 is 17.4 Å². The van der Waals surface area contributed by atoms with Crippen molar-refractivity contribution in [2.24, 2.45) is 17.3 Å². The summed E-state index contributed by atoms with van der Waals surface area (Å²) in [4.78, 5) is 24.2. The largest absolute Gasteiger partial charge is 0.481 e. The van der Waals surface area contributed by atoms with E-state index in [0.717, 1.165) is 89.9 Å². The molecule has 36 heavy (non-hydrogen) atoms. The Morgan fingerprint density at radius 2 is 0.889 bits per heavy atom. The summed E-state index contributed by atoms with van der Waals surface area (Å²) in [6, 6.07) is 0. The molecule has 0 heterocycles. The molecule has 4 nitrogen and oxygen atoms in total. The Morgan fingerprint density at radius 1 is 0.528 bits per heavy atom. The summed E-state index contributed by atoms with van der Waals surface area (Å²) in [6.07, 6.45) is 24.0. The number of unbranched alkanes of at least 4 members (excludes halogenated alkanes) is 12. The van der Waals surface area contributed by atoms with E-state index in [9.17, 15) is 14.7 Å². The maximum absolute atomic E-state index is 13.4. The van der Waals surface area contributed by atoms with Gasteiger partial charge in [0.25, 0.3) is 0 Å². The quantitative estimate of drug-likeness (QED) is 0.108. The third-order valence-electron chi connectivity index (χ3n) is 8.46. The van der Waals surface area contributed by atoms with Crippen LogP contribution in [-0.2, 0) is 9.59 Å². The van der Waals surface area contributed by atoms with Gasteiger partial charge in [0.05, 0.1) is 5.41 Å². The molecule has 0 bridgehead atoms. The minimum Gasteiger partial charge on any atom is -0.481 e. The van der Waals surface area contributed by atoms with Crippen LogP contribution in [0.25, 0.3) is 0 Å². The summed E-state index contributed by atoms with van der Waals surface area (Å²) < 4.78 is 0. The van der Waals surface area contributed by atoms with Gasteiger partial charge >= 0.3 is 11.9 Å². The fourth-order valence-electron chi connectivity index (χ4n) is 6.30. The second-order valence-corrected chi connectivity index (χ2v) is 11.4. The van der Waals surface area contributed by atoms with Crippen molar-refractivity contribution in [1.29, 1.82) is 0 Å². The van der Waals surface area contributed by atoms with Crippen molar-refractivity contribution < 1.29 is 19.8 Å². The number of hydrogen-bond donors (Lipinski definition) is 2. The molecule has 4 heteroatoms. The fourth-order valence-corrected chi connectivity index (χ4v) is 6.30. The van der Waals surface area contributed by atoms with Crippen LogP contribution in [0, 0.1) is 17.3 Å². The lowest BCUT2D eigenvalue weighted by atomic mass is 9.58. The van der Waals surface area contributed by atoms with Crippen molar-refractivity contribution in [2.75, 3.05) is 0 Å². The molecule has 0 fully saturated rings. The van der Waals surface area contributed by atoms with Crippen molar-refractivity contribution in [3.05, 3.63) is 0 Å². The molecule has 0 saturated carbocycles. The van der Waals surface area contributed by atoms with E-state index in [2.05, 4.69) is 27.7 Å². The van der Waals surface area contributed by atoms with Gasteiger partial charge in [-0.3, -0.25) is 9.59 Å². The smallest absolute Gasteiger partial charge is 0.310 e. The topological polar surface area (TPSA) is 74.6 Å². The highest BCUT2D eigenvalue weighted by Crippen LogP contribution is 2.50. The first kappa shape index (κ1) is 34.9. The van der Waals surface area contributed by atoms with Crippen molar-refractivity contribution >= 4 is 11.9 Å². The van der Waals surface area contributed by atoms with Gasteiger partial charge in [0.1, 0.15) is 0 Å². The molecule has 0 radical (unpaired) electrons. The molecule has 0 saturated heterocycles. The Balaban J connectivity index is 5.87. The zero-order chi connectivity index (χ0) is 27.1. The average Bonchev–Trinajstić information content (AvgIpc) is 2.84. The molecule has 214 valence electrons. The summed E-state index contributed by atoms with van der Waals surface area (Å²) in [6.45, 7) is 8.94. The van der Waals surface area contributed by atoms with Crippen LogP contribution in [0.3, 0.4) is 0 Å². The number of carboxylic acid groups (broad SMARTS) is 2. The van der Waals surface area contributed by atoms with E-state index in [1.54, 1.807) is 0 Å². The highest BCUT2D eigenvalue weighted by atomic mass is 16.4. The summed E-state index contributed by atoms with van der Waals surface area (Å²) >= 11 is 0. The van der Waals surface area contributed by atoms with Gasteiger partial charge in [0, 0.05) is 6.42 Å². The Morgan fingerprint density at radius 3 is 1.22 bits per heavy atom. The minimum absolute atomic E-state index is 0.243. The first-order valence-electron chi connectivity index (χ1n) is 15.9. The van der Waals surface area contributed by atoms with Gasteiger partial charge in [-0.2, -0.15) is 0 Å². The van der Waals surface area contributed by atoms with Crippen LogP contribution < -0.4 is 0 Å². The van der Waals surface area contributed by atoms with Crippen LogP contribution >= 0.6 is 0 Å². The van der Waals surface area contributed by atoms with E-state index in [1.807, 2.05) is 0 Å². The number of aliphatic carboxylic acids is 2. The fraction of sp³-hybridized carbons (Fsp3) is 0.938. The summed E-state index contributed by atoms with van der Waals surface area (Å²) in [7, 11) is 0. The molecule has 0 rings (SSSR count). The Hall–Kier alpha value is -1.06. The molecule has 0 aliphatic carbocycles. The molecule has 0 aromatic carbocycles. The second kappa shape index (κ2) is 23.1. The highest BCUT2D eigenvalue weighted by molar-refractivity contribution is 5.75. The molecular weight excluding hydrogens is 448 g/mol. The first-order valence-corrected chi connectivity index (χ1v) is 15.9. The molecule has 0 unspecified atom stereocenters. The highest BCUT2D eigenvalue weighted by Gasteiger charge is 2.49. The average molecular weight is 511 g/mol. The normalized spacial score (nSPS) is 12.1. The molecule has 0 aliphatic rings. The van der Waals surface area contributed by atoms with Gasteiger partial charge in [-0.15, -0.1) is 0 Å². The van der Waals surface area contributed by atoms with Crippen molar-refractivity contribution in [3.8, 4) is 0 Å². The molecule has 0 spiro atoms. The lowest BCUT2D eigenvalue weighted by molar-refractivity contribution is -0.160. The van der Waals surface area contributed by atoms with Gasteiger partial charge in [0.2, 0.25) is 0 Å². The van der Waals surface area contributed by atoms with Gasteiger partial charge in [0.15, 0.2) is 0 Å². The van der Waals surface area contributed by atoms with Crippen LogP contribution in [0.4, 0.5) is 0 Å². The summed E-state index contributed by atoms with van der Waals surface area (Å²) in [5.41, 5.74) is -0.607. The third-order valence-corrected chi connectivity index (χ3v) is 8.46. The maximum atomic E-state index is 13.4. The zero-order valence-electron chi connectivity index (χ0n) is 24.6. The van der Waals surface area contributed by atoms with Crippen LogP contribution in [0.1, 0.15) is 175 Å². The van der Waals surface area contributed by atoms with Crippen molar-refractivity contribution in [2.45, 2.75) is 175 Å². The van der Waals surface area contributed by atoms with Crippen molar-refractivity contribution in [1.82, 2.24) is 0 Å². The molecule has 0 aromatic heterocycles. The molecular formula is C32H62O4. The summed E-state index contributed by atoms with van der Waals surface area (Å²) in [5.74, 6) is -0.699. The van der Waals surface area contributed by atoms with E-state index in [0.29, 0.717) is 0 Å². The molecule has 0 aromatic rings. The predicted molar refractivity (Wildman–Crippen MR) is 154 cm³/mol. The lowest BCUT2D eigenvalue weighted by Gasteiger charge is -2.44. The molecule has 0 amide bonds. The molecule has 0 atom stereocenters.